The van der Waals surface area contributed by atoms with Gasteiger partial charge >= 0.3 is 0 Å². The number of benzene rings is 1. The standard InChI is InChI=1S/C19H21NO4/c1-13(2)19(20-18(21)8-6-15-4-3-9-22-15)14-5-7-16-17(12-14)24-11-10-23-16/h3-9,12-13,19H,10-11H2,1-2H3,(H,20,21)/b8-6+/t19-/m1/s1. The molecule has 3 rings (SSSR count). The number of furan rings is 1. The van der Waals surface area contributed by atoms with E-state index in [0.717, 1.165) is 17.1 Å². The Bertz CT molecular complexity index is 719. The molecule has 0 saturated heterocycles. The molecule has 0 bridgehead atoms. The summed E-state index contributed by atoms with van der Waals surface area (Å²) in [6.07, 6.45) is 4.70. The Labute approximate surface area is 141 Å². The number of hydrogen-bond acceptors (Lipinski definition) is 4. The van der Waals surface area contributed by atoms with E-state index in [1.807, 2.05) is 18.2 Å². The number of carbonyl (C=O) groups excluding carboxylic acids is 1. The van der Waals surface area contributed by atoms with Crippen molar-refractivity contribution in [2.75, 3.05) is 13.2 Å². The van der Waals surface area contributed by atoms with E-state index in [-0.39, 0.29) is 17.9 Å². The van der Waals surface area contributed by atoms with Gasteiger partial charge in [0.05, 0.1) is 12.3 Å². The van der Waals surface area contributed by atoms with Crippen molar-refractivity contribution in [3.63, 3.8) is 0 Å². The zero-order valence-electron chi connectivity index (χ0n) is 13.8. The highest BCUT2D eigenvalue weighted by molar-refractivity contribution is 5.91. The summed E-state index contributed by atoms with van der Waals surface area (Å²) in [4.78, 5) is 12.2. The lowest BCUT2D eigenvalue weighted by atomic mass is 9.95. The van der Waals surface area contributed by atoms with Crippen LogP contribution in [-0.2, 0) is 4.79 Å². The van der Waals surface area contributed by atoms with Crippen LogP contribution in [0.4, 0.5) is 0 Å². The number of ether oxygens (including phenoxy) is 2. The Morgan fingerprint density at radius 3 is 2.67 bits per heavy atom. The van der Waals surface area contributed by atoms with E-state index in [0.29, 0.717) is 19.0 Å². The molecule has 0 aliphatic carbocycles. The van der Waals surface area contributed by atoms with Crippen LogP contribution in [-0.4, -0.2) is 19.1 Å². The summed E-state index contributed by atoms with van der Waals surface area (Å²) < 4.78 is 16.4. The zero-order chi connectivity index (χ0) is 16.9. The lowest BCUT2D eigenvalue weighted by Gasteiger charge is -2.25. The van der Waals surface area contributed by atoms with Crippen molar-refractivity contribution in [3.05, 3.63) is 54.0 Å². The summed E-state index contributed by atoms with van der Waals surface area (Å²) >= 11 is 0. The van der Waals surface area contributed by atoms with Crippen molar-refractivity contribution < 1.29 is 18.7 Å². The number of fused-ring (bicyclic) bond motifs is 1. The van der Waals surface area contributed by atoms with Gasteiger partial charge in [-0.1, -0.05) is 19.9 Å². The van der Waals surface area contributed by atoms with Crippen molar-refractivity contribution in [2.45, 2.75) is 19.9 Å². The molecule has 1 amide bonds. The van der Waals surface area contributed by atoms with E-state index >= 15 is 0 Å². The molecule has 1 aromatic heterocycles. The second-order valence-electron chi connectivity index (χ2n) is 5.98. The van der Waals surface area contributed by atoms with Gasteiger partial charge in [-0.2, -0.15) is 0 Å². The van der Waals surface area contributed by atoms with Gasteiger partial charge < -0.3 is 19.2 Å². The van der Waals surface area contributed by atoms with Crippen molar-refractivity contribution in [1.82, 2.24) is 5.32 Å². The Balaban J connectivity index is 1.73. The lowest BCUT2D eigenvalue weighted by Crippen LogP contribution is -2.30. The summed E-state index contributed by atoms with van der Waals surface area (Å²) in [5.74, 6) is 2.18. The number of amides is 1. The molecular weight excluding hydrogens is 306 g/mol. The fourth-order valence-electron chi connectivity index (χ4n) is 2.63. The van der Waals surface area contributed by atoms with E-state index in [4.69, 9.17) is 13.9 Å². The number of carbonyl (C=O) groups is 1. The molecule has 1 aliphatic heterocycles. The topological polar surface area (TPSA) is 60.7 Å². The molecule has 1 aromatic carbocycles. The van der Waals surface area contributed by atoms with Gasteiger partial charge in [-0.3, -0.25) is 4.79 Å². The monoisotopic (exact) mass is 327 g/mol. The molecule has 1 atom stereocenters. The van der Waals surface area contributed by atoms with E-state index in [9.17, 15) is 4.79 Å². The fraction of sp³-hybridized carbons (Fsp3) is 0.316. The third-order valence-corrected chi connectivity index (χ3v) is 3.83. The average Bonchev–Trinajstić information content (AvgIpc) is 3.10. The maximum Gasteiger partial charge on any atom is 0.244 e. The largest absolute Gasteiger partial charge is 0.486 e. The molecule has 126 valence electrons. The molecule has 0 unspecified atom stereocenters. The van der Waals surface area contributed by atoms with Crippen molar-refractivity contribution in [3.8, 4) is 11.5 Å². The Kier molecular flexibility index (Phi) is 4.89. The van der Waals surface area contributed by atoms with Crippen LogP contribution in [0, 0.1) is 5.92 Å². The molecule has 0 spiro atoms. The Morgan fingerprint density at radius 2 is 1.96 bits per heavy atom. The highest BCUT2D eigenvalue weighted by atomic mass is 16.6. The minimum atomic E-state index is -0.167. The predicted molar refractivity (Wildman–Crippen MR) is 90.9 cm³/mol. The van der Waals surface area contributed by atoms with Gasteiger partial charge in [0.2, 0.25) is 5.91 Å². The summed E-state index contributed by atoms with van der Waals surface area (Å²) in [5.41, 5.74) is 0.994. The smallest absolute Gasteiger partial charge is 0.244 e. The molecule has 5 nitrogen and oxygen atoms in total. The first-order chi connectivity index (χ1) is 11.6. The fourth-order valence-corrected chi connectivity index (χ4v) is 2.63. The number of nitrogens with one attached hydrogen (secondary N) is 1. The highest BCUT2D eigenvalue weighted by Crippen LogP contribution is 2.34. The Morgan fingerprint density at radius 1 is 1.17 bits per heavy atom. The molecule has 0 fully saturated rings. The second-order valence-corrected chi connectivity index (χ2v) is 5.98. The van der Waals surface area contributed by atoms with Crippen LogP contribution in [0.15, 0.2) is 47.1 Å². The minimum absolute atomic E-state index is 0.116. The second kappa shape index (κ2) is 7.25. The summed E-state index contributed by atoms with van der Waals surface area (Å²) in [6, 6.07) is 9.26. The van der Waals surface area contributed by atoms with Gasteiger partial charge in [0.15, 0.2) is 11.5 Å². The molecule has 1 aliphatic rings. The van der Waals surface area contributed by atoms with Gasteiger partial charge in [0.25, 0.3) is 0 Å². The van der Waals surface area contributed by atoms with Crippen LogP contribution >= 0.6 is 0 Å². The predicted octanol–water partition coefficient (Wildman–Crippen LogP) is 3.58. The quantitative estimate of drug-likeness (QED) is 0.853. The molecule has 1 N–H and O–H groups in total. The van der Waals surface area contributed by atoms with Crippen molar-refractivity contribution in [1.29, 1.82) is 0 Å². The van der Waals surface area contributed by atoms with Crippen LogP contribution in [0.3, 0.4) is 0 Å². The van der Waals surface area contributed by atoms with Crippen LogP contribution < -0.4 is 14.8 Å². The van der Waals surface area contributed by atoms with Gasteiger partial charge in [-0.15, -0.1) is 0 Å². The minimum Gasteiger partial charge on any atom is -0.486 e. The summed E-state index contributed by atoms with van der Waals surface area (Å²) in [6.45, 7) is 5.24. The van der Waals surface area contributed by atoms with E-state index in [1.165, 1.54) is 6.08 Å². The normalized spacial score (nSPS) is 14.8. The number of hydrogen-bond donors (Lipinski definition) is 1. The average molecular weight is 327 g/mol. The maximum atomic E-state index is 12.2. The summed E-state index contributed by atoms with van der Waals surface area (Å²) in [5, 5.41) is 3.04. The van der Waals surface area contributed by atoms with E-state index in [1.54, 1.807) is 24.5 Å². The van der Waals surface area contributed by atoms with E-state index in [2.05, 4.69) is 19.2 Å². The molecular formula is C19H21NO4. The van der Waals surface area contributed by atoms with Gasteiger partial charge in [-0.05, 0) is 41.8 Å². The summed E-state index contributed by atoms with van der Waals surface area (Å²) in [7, 11) is 0. The maximum absolute atomic E-state index is 12.2. The van der Waals surface area contributed by atoms with E-state index < -0.39 is 0 Å². The van der Waals surface area contributed by atoms with Gasteiger partial charge in [0.1, 0.15) is 19.0 Å². The van der Waals surface area contributed by atoms with Crippen LogP contribution in [0.5, 0.6) is 11.5 Å². The Hall–Kier alpha value is -2.69. The first-order valence-corrected chi connectivity index (χ1v) is 8.05. The molecule has 0 radical (unpaired) electrons. The first-order valence-electron chi connectivity index (χ1n) is 8.05. The molecule has 0 saturated carbocycles. The lowest BCUT2D eigenvalue weighted by molar-refractivity contribution is -0.117. The first kappa shape index (κ1) is 16.2. The molecule has 24 heavy (non-hydrogen) atoms. The third kappa shape index (κ3) is 3.79. The molecule has 5 heteroatoms. The SMILES string of the molecule is CC(C)[C@@H](NC(=O)/C=C/c1ccco1)c1ccc2c(c1)OCCO2. The van der Waals surface area contributed by atoms with Crippen LogP contribution in [0.1, 0.15) is 31.2 Å². The van der Waals surface area contributed by atoms with Crippen molar-refractivity contribution in [2.24, 2.45) is 5.92 Å². The zero-order valence-corrected chi connectivity index (χ0v) is 13.8. The van der Waals surface area contributed by atoms with Crippen LogP contribution in [0.25, 0.3) is 6.08 Å². The highest BCUT2D eigenvalue weighted by Gasteiger charge is 2.20. The molecule has 2 heterocycles. The molecule has 2 aromatic rings. The van der Waals surface area contributed by atoms with Gasteiger partial charge in [0, 0.05) is 6.08 Å². The third-order valence-electron chi connectivity index (χ3n) is 3.83. The van der Waals surface area contributed by atoms with Gasteiger partial charge in [-0.25, -0.2) is 0 Å². The van der Waals surface area contributed by atoms with Crippen LogP contribution in [0.2, 0.25) is 0 Å². The number of rotatable bonds is 5. The van der Waals surface area contributed by atoms with Crippen molar-refractivity contribution >= 4 is 12.0 Å².